The maximum Gasteiger partial charge on any atom is 0.433 e. The van der Waals surface area contributed by atoms with Gasteiger partial charge in [-0.25, -0.2) is 9.50 Å². The quantitative estimate of drug-likeness (QED) is 0.244. The van der Waals surface area contributed by atoms with E-state index in [1.54, 1.807) is 29.2 Å². The molecule has 2 heterocycles. The summed E-state index contributed by atoms with van der Waals surface area (Å²) < 4.78 is 48.8. The molecule has 0 fully saturated rings. The smallest absolute Gasteiger partial charge is 0.433 e. The number of carbonyl (C=O) groups is 1. The summed E-state index contributed by atoms with van der Waals surface area (Å²) in [5.41, 5.74) is 0.602. The summed E-state index contributed by atoms with van der Waals surface area (Å²) in [6, 6.07) is 16.6. The van der Waals surface area contributed by atoms with E-state index in [1.807, 2.05) is 39.1 Å². The number of likely N-dealkylation sites (N-methyl/N-ethyl adjacent to an activating group) is 1. The lowest BCUT2D eigenvalue weighted by atomic mass is 10.0. The predicted octanol–water partition coefficient (Wildman–Crippen LogP) is 6.28. The summed E-state index contributed by atoms with van der Waals surface area (Å²) in [5.74, 6) is 0.147. The lowest BCUT2D eigenvalue weighted by molar-refractivity contribution is -0.143. The van der Waals surface area contributed by atoms with Crippen molar-refractivity contribution in [2.75, 3.05) is 27.2 Å². The molecule has 212 valence electrons. The second-order valence-corrected chi connectivity index (χ2v) is 10.1. The second-order valence-electron chi connectivity index (χ2n) is 10.1. The molecule has 0 saturated heterocycles. The highest BCUT2D eigenvalue weighted by atomic mass is 19.4. The van der Waals surface area contributed by atoms with Crippen LogP contribution in [0.1, 0.15) is 54.0 Å². The summed E-state index contributed by atoms with van der Waals surface area (Å²) >= 11 is 0. The van der Waals surface area contributed by atoms with E-state index in [2.05, 4.69) is 34.0 Å². The number of methoxy groups -OCH3 is 1. The Balaban J connectivity index is 1.71. The molecule has 4 aromatic rings. The average molecular weight is 554 g/mol. The summed E-state index contributed by atoms with van der Waals surface area (Å²) in [6.45, 7) is 8.16. The lowest BCUT2D eigenvalue weighted by Crippen LogP contribution is -2.42. The van der Waals surface area contributed by atoms with Gasteiger partial charge in [-0.3, -0.25) is 9.69 Å². The number of alkyl halides is 3. The van der Waals surface area contributed by atoms with Crippen LogP contribution in [0.15, 0.2) is 60.8 Å². The molecule has 1 atom stereocenters. The highest BCUT2D eigenvalue weighted by Crippen LogP contribution is 2.37. The Hall–Kier alpha value is -3.92. The number of hydrogen-bond acceptors (Lipinski definition) is 5. The van der Waals surface area contributed by atoms with Crippen molar-refractivity contribution in [2.24, 2.45) is 0 Å². The van der Waals surface area contributed by atoms with E-state index < -0.39 is 17.8 Å². The molecule has 10 heteroatoms. The van der Waals surface area contributed by atoms with Crippen LogP contribution < -0.4 is 4.74 Å². The number of aromatic nitrogens is 3. The maximum absolute atomic E-state index is 14.3. The number of rotatable bonds is 9. The fourth-order valence-electron chi connectivity index (χ4n) is 4.78. The minimum absolute atomic E-state index is 0.0210. The van der Waals surface area contributed by atoms with Crippen molar-refractivity contribution < 1.29 is 22.7 Å². The Morgan fingerprint density at radius 2 is 1.68 bits per heavy atom. The van der Waals surface area contributed by atoms with E-state index in [1.165, 1.54) is 20.2 Å². The van der Waals surface area contributed by atoms with Crippen molar-refractivity contribution in [2.45, 2.75) is 46.0 Å². The van der Waals surface area contributed by atoms with Crippen molar-refractivity contribution in [3.05, 3.63) is 83.2 Å². The van der Waals surface area contributed by atoms with Gasteiger partial charge in [0, 0.05) is 36.3 Å². The van der Waals surface area contributed by atoms with Crippen molar-refractivity contribution in [3.63, 3.8) is 0 Å². The molecule has 1 amide bonds. The zero-order valence-corrected chi connectivity index (χ0v) is 23.5. The van der Waals surface area contributed by atoms with Crippen LogP contribution >= 0.6 is 0 Å². The van der Waals surface area contributed by atoms with Gasteiger partial charge in [-0.05, 0) is 64.6 Å². The molecule has 0 spiro atoms. The van der Waals surface area contributed by atoms with Crippen LogP contribution in [-0.4, -0.2) is 63.6 Å². The van der Waals surface area contributed by atoms with Crippen LogP contribution in [-0.2, 0) is 6.18 Å². The molecule has 40 heavy (non-hydrogen) atoms. The average Bonchev–Trinajstić information content (AvgIpc) is 3.34. The molecule has 0 saturated carbocycles. The van der Waals surface area contributed by atoms with E-state index in [-0.39, 0.29) is 34.6 Å². The molecular weight excluding hydrogens is 519 g/mol. The number of halogens is 3. The molecule has 2 aromatic carbocycles. The Bertz CT molecular complexity index is 1470. The predicted molar refractivity (Wildman–Crippen MR) is 148 cm³/mol. The van der Waals surface area contributed by atoms with Gasteiger partial charge in [0.2, 0.25) is 0 Å². The third kappa shape index (κ3) is 5.82. The number of nitrogens with zero attached hydrogens (tertiary/aromatic N) is 5. The van der Waals surface area contributed by atoms with Gasteiger partial charge in [0.1, 0.15) is 11.3 Å². The van der Waals surface area contributed by atoms with Crippen LogP contribution in [0.3, 0.4) is 0 Å². The number of ether oxygens (including phenoxy) is 1. The zero-order valence-electron chi connectivity index (χ0n) is 23.5. The summed E-state index contributed by atoms with van der Waals surface area (Å²) in [5, 5.41) is 3.99. The summed E-state index contributed by atoms with van der Waals surface area (Å²) in [7, 11) is 3.49. The van der Waals surface area contributed by atoms with E-state index in [9.17, 15) is 18.0 Å². The van der Waals surface area contributed by atoms with Gasteiger partial charge in [0.05, 0.1) is 19.0 Å². The third-order valence-corrected chi connectivity index (χ3v) is 7.27. The Labute approximate surface area is 232 Å². The highest BCUT2D eigenvalue weighted by Gasteiger charge is 2.39. The van der Waals surface area contributed by atoms with Crippen LogP contribution in [0.5, 0.6) is 5.75 Å². The molecule has 0 aliphatic carbocycles. The van der Waals surface area contributed by atoms with Gasteiger partial charge >= 0.3 is 6.18 Å². The van der Waals surface area contributed by atoms with Crippen molar-refractivity contribution in [1.82, 2.24) is 24.4 Å². The maximum atomic E-state index is 14.3. The van der Waals surface area contributed by atoms with Gasteiger partial charge in [-0.2, -0.15) is 18.3 Å². The molecule has 2 aromatic heterocycles. The molecule has 0 radical (unpaired) electrons. The van der Waals surface area contributed by atoms with E-state index in [0.29, 0.717) is 24.4 Å². The third-order valence-electron chi connectivity index (χ3n) is 7.27. The molecule has 0 N–H and O–H groups in total. The van der Waals surface area contributed by atoms with Gasteiger partial charge in [-0.15, -0.1) is 0 Å². The Morgan fingerprint density at radius 1 is 1.02 bits per heavy atom. The molecule has 0 bridgehead atoms. The van der Waals surface area contributed by atoms with Crippen LogP contribution in [0.4, 0.5) is 13.2 Å². The summed E-state index contributed by atoms with van der Waals surface area (Å²) in [4.78, 5) is 22.2. The molecule has 4 rings (SSSR count). The monoisotopic (exact) mass is 553 g/mol. The van der Waals surface area contributed by atoms with E-state index >= 15 is 0 Å². The lowest BCUT2D eigenvalue weighted by Gasteiger charge is -2.31. The first-order valence-corrected chi connectivity index (χ1v) is 13.1. The van der Waals surface area contributed by atoms with E-state index in [0.717, 1.165) is 10.1 Å². The number of carbonyl (C=O) groups excluding carboxylic acids is 1. The fraction of sp³-hybridized carbons (Fsp3) is 0.367. The van der Waals surface area contributed by atoms with Gasteiger partial charge in [0.25, 0.3) is 5.91 Å². The topological polar surface area (TPSA) is 63.0 Å². The van der Waals surface area contributed by atoms with E-state index in [4.69, 9.17) is 4.74 Å². The molecule has 7 nitrogen and oxygen atoms in total. The fourth-order valence-corrected chi connectivity index (χ4v) is 4.78. The number of amides is 1. The first-order valence-electron chi connectivity index (χ1n) is 13.1. The number of fused-ring (bicyclic) bond motifs is 1. The SMILES string of the molecule is COc1ccc(-c2nc3c(C(=O)N(CCN(C)[C@@H](C)c4ccccc4)C(C)C)cnn3c(C(F)(F)F)c2C)cc1. The first kappa shape index (κ1) is 29.1. The van der Waals surface area contributed by atoms with Crippen molar-refractivity contribution in [1.29, 1.82) is 0 Å². The van der Waals surface area contributed by atoms with Crippen molar-refractivity contribution >= 4 is 11.6 Å². The van der Waals surface area contributed by atoms with Crippen LogP contribution in [0.2, 0.25) is 0 Å². The van der Waals surface area contributed by atoms with Crippen molar-refractivity contribution in [3.8, 4) is 17.0 Å². The largest absolute Gasteiger partial charge is 0.497 e. The molecule has 0 unspecified atom stereocenters. The van der Waals surface area contributed by atoms with Gasteiger partial charge in [0.15, 0.2) is 11.3 Å². The van der Waals surface area contributed by atoms with Gasteiger partial charge in [-0.1, -0.05) is 30.3 Å². The minimum atomic E-state index is -4.72. The van der Waals surface area contributed by atoms with Gasteiger partial charge < -0.3 is 9.64 Å². The number of benzene rings is 2. The second kappa shape index (κ2) is 11.7. The standard InChI is InChI=1S/C30H34F3N5O2/c1-19(2)37(17-16-36(5)21(4)22-10-8-7-9-11-22)29(39)25-18-34-38-27(30(31,32)33)20(3)26(35-28(25)38)23-12-14-24(40-6)15-13-23/h7-15,18-19,21H,16-17H2,1-6H3/t21-/m0/s1. The zero-order chi connectivity index (χ0) is 29.2. The molecular formula is C30H34F3N5O2. The number of hydrogen-bond donors (Lipinski definition) is 0. The van der Waals surface area contributed by atoms with Crippen LogP contribution in [0, 0.1) is 6.92 Å². The Morgan fingerprint density at radius 3 is 2.25 bits per heavy atom. The minimum Gasteiger partial charge on any atom is -0.497 e. The summed E-state index contributed by atoms with van der Waals surface area (Å²) in [6.07, 6.45) is -3.53. The first-order chi connectivity index (χ1) is 18.9. The van der Waals surface area contributed by atoms with Crippen LogP contribution in [0.25, 0.3) is 16.9 Å². The normalized spacial score (nSPS) is 12.8. The molecule has 0 aliphatic heterocycles. The highest BCUT2D eigenvalue weighted by molar-refractivity contribution is 6.00. The molecule has 0 aliphatic rings. The Kier molecular flexibility index (Phi) is 8.48.